The lowest BCUT2D eigenvalue weighted by Crippen LogP contribution is -2.42. The fourth-order valence-electron chi connectivity index (χ4n) is 7.67. The van der Waals surface area contributed by atoms with Crippen LogP contribution in [0, 0.1) is 19.8 Å². The molecular formula is C41H42N4O8. The number of esters is 3. The molecule has 0 unspecified atom stereocenters. The van der Waals surface area contributed by atoms with E-state index in [9.17, 15) is 24.3 Å². The van der Waals surface area contributed by atoms with E-state index in [1.165, 1.54) is 27.4 Å². The number of rotatable bonds is 9. The lowest BCUT2D eigenvalue weighted by Gasteiger charge is -2.36. The van der Waals surface area contributed by atoms with Crippen LogP contribution in [0.2, 0.25) is 0 Å². The zero-order valence-corrected chi connectivity index (χ0v) is 30.9. The summed E-state index contributed by atoms with van der Waals surface area (Å²) in [7, 11) is 3.94. The second-order valence-corrected chi connectivity index (χ2v) is 13.5. The quantitative estimate of drug-likeness (QED) is 0.159. The zero-order chi connectivity index (χ0) is 38.4. The number of nitrogens with one attached hydrogen (secondary N) is 2. The molecule has 2 atom stereocenters. The topological polar surface area (TPSA) is 174 Å². The van der Waals surface area contributed by atoms with Crippen molar-refractivity contribution in [2.24, 2.45) is 5.92 Å². The van der Waals surface area contributed by atoms with E-state index in [2.05, 4.69) is 16.5 Å². The van der Waals surface area contributed by atoms with Crippen LogP contribution in [-0.2, 0) is 45.2 Å². The average Bonchev–Trinajstić information content (AvgIpc) is 3.79. The van der Waals surface area contributed by atoms with Gasteiger partial charge in [0.1, 0.15) is 5.92 Å². The molecule has 3 aliphatic rings. The van der Waals surface area contributed by atoms with Crippen molar-refractivity contribution in [3.8, 4) is 0 Å². The molecule has 0 radical (unpaired) electrons. The van der Waals surface area contributed by atoms with Gasteiger partial charge in [0.15, 0.2) is 0 Å². The lowest BCUT2D eigenvalue weighted by atomic mass is 9.64. The minimum atomic E-state index is -1.24. The molecule has 1 aliphatic carbocycles. The average molecular weight is 719 g/mol. The number of hydrogen-bond donors (Lipinski definition) is 3. The van der Waals surface area contributed by atoms with Gasteiger partial charge in [0.25, 0.3) is 0 Å². The largest absolute Gasteiger partial charge is 0.478 e. The Morgan fingerprint density at radius 2 is 1.43 bits per heavy atom. The van der Waals surface area contributed by atoms with Crippen LogP contribution >= 0.6 is 0 Å². The van der Waals surface area contributed by atoms with Gasteiger partial charge in [-0.3, -0.25) is 19.4 Å². The monoisotopic (exact) mass is 718 g/mol. The Balaban J connectivity index is 1.77. The van der Waals surface area contributed by atoms with Crippen molar-refractivity contribution in [2.75, 3.05) is 21.3 Å². The Hall–Kier alpha value is -6.04. The highest BCUT2D eigenvalue weighted by atomic mass is 16.5. The summed E-state index contributed by atoms with van der Waals surface area (Å²) in [5, 5.41) is 10.3. The second kappa shape index (κ2) is 14.2. The maximum Gasteiger partial charge on any atom is 0.332 e. The number of ether oxygens (including phenoxy) is 3. The number of H-pyrrole nitrogens is 2. The number of aromatic amines is 2. The molecule has 0 saturated carbocycles. The summed E-state index contributed by atoms with van der Waals surface area (Å²) in [6.07, 6.45) is 5.92. The Kier molecular flexibility index (Phi) is 9.83. The summed E-state index contributed by atoms with van der Waals surface area (Å²) in [5.74, 6) is -3.86. The van der Waals surface area contributed by atoms with Crippen molar-refractivity contribution in [2.45, 2.75) is 58.8 Å². The van der Waals surface area contributed by atoms with E-state index >= 15 is 0 Å². The van der Waals surface area contributed by atoms with Gasteiger partial charge in [-0.15, -0.1) is 0 Å². The maximum absolute atomic E-state index is 13.5. The molecule has 53 heavy (non-hydrogen) atoms. The summed E-state index contributed by atoms with van der Waals surface area (Å²) in [4.78, 5) is 68.0. The standard InChI is InChI=1S/C41H42N4O8/c1-9-23-20(2)29-17-34-27-13-10-26(39(48)49)38(40(50)53-8)41(27,5)35(45-34)19-30-22(4)25(12-15-37(47)52-7)33(44-30)18-32-24(11-14-36(46)51-6)21(3)28(43-32)16-31(23)42-29/h9-10,13,16-19,38,42,44H,1,11-12,14-15H2,2-8H3,(H,48,49)/t38-,41+/m1/s1. The number of aliphatic carboxylic acids is 1. The zero-order valence-electron chi connectivity index (χ0n) is 30.9. The first-order chi connectivity index (χ1) is 25.3. The van der Waals surface area contributed by atoms with Crippen LogP contribution in [-0.4, -0.2) is 70.2 Å². The van der Waals surface area contributed by atoms with Crippen LogP contribution in [0.1, 0.15) is 78.1 Å². The van der Waals surface area contributed by atoms with Gasteiger partial charge in [-0.2, -0.15) is 0 Å². The Labute approximate surface area is 306 Å². The fraction of sp³-hybridized carbons (Fsp3) is 0.317. The van der Waals surface area contributed by atoms with Gasteiger partial charge < -0.3 is 29.3 Å². The van der Waals surface area contributed by atoms with E-state index in [0.29, 0.717) is 52.2 Å². The van der Waals surface area contributed by atoms with Crippen LogP contribution < -0.4 is 0 Å². The summed E-state index contributed by atoms with van der Waals surface area (Å²) in [6, 6.07) is 7.59. The molecule has 5 heterocycles. The fourth-order valence-corrected chi connectivity index (χ4v) is 7.67. The molecule has 2 aliphatic heterocycles. The van der Waals surface area contributed by atoms with Gasteiger partial charge in [0, 0.05) is 40.5 Å². The third-order valence-electron chi connectivity index (χ3n) is 10.8. The number of nitrogens with zero attached hydrogens (tertiary/aromatic N) is 2. The van der Waals surface area contributed by atoms with E-state index in [1.807, 2.05) is 52.0 Å². The lowest BCUT2D eigenvalue weighted by molar-refractivity contribution is -0.148. The maximum atomic E-state index is 13.5. The molecule has 0 aromatic carbocycles. The van der Waals surface area contributed by atoms with Gasteiger partial charge in [0.05, 0.1) is 55.1 Å². The highest BCUT2D eigenvalue weighted by Gasteiger charge is 2.53. The van der Waals surface area contributed by atoms with Crippen molar-refractivity contribution in [3.63, 3.8) is 0 Å². The predicted octanol–water partition coefficient (Wildman–Crippen LogP) is 6.72. The normalized spacial score (nSPS) is 17.8. The van der Waals surface area contributed by atoms with Crippen molar-refractivity contribution < 1.29 is 38.5 Å². The highest BCUT2D eigenvalue weighted by molar-refractivity contribution is 6.01. The number of carboxylic acid groups (broad SMARTS) is 1. The molecule has 12 heteroatoms. The first-order valence-electron chi connectivity index (χ1n) is 17.2. The summed E-state index contributed by atoms with van der Waals surface area (Å²) >= 11 is 0. The van der Waals surface area contributed by atoms with Crippen molar-refractivity contribution in [3.05, 3.63) is 93.6 Å². The molecule has 8 bridgehead atoms. The summed E-state index contributed by atoms with van der Waals surface area (Å²) in [6.45, 7) is 11.8. The van der Waals surface area contributed by atoms with E-state index in [-0.39, 0.29) is 30.4 Å². The minimum Gasteiger partial charge on any atom is -0.478 e. The SMILES string of the molecule is C=Cc1c(C)c2cc3nc(cc4[nH]c(cc5nc(cc1[nH]2)C(C)=C5CCC(=O)OC)c(CCC(=O)OC)c4C)[C@]1(C)C3=CC=C(C(=O)O)[C@@H]1C(=O)OC. The van der Waals surface area contributed by atoms with Crippen LogP contribution in [0.3, 0.4) is 0 Å². The number of aryl methyl sites for hydroxylation is 3. The Morgan fingerprint density at radius 3 is 2.08 bits per heavy atom. The smallest absolute Gasteiger partial charge is 0.332 e. The molecule has 0 fully saturated rings. The molecule has 3 N–H and O–H groups in total. The molecule has 3 aromatic heterocycles. The van der Waals surface area contributed by atoms with Crippen molar-refractivity contribution >= 4 is 68.7 Å². The van der Waals surface area contributed by atoms with Crippen LogP contribution in [0.4, 0.5) is 0 Å². The molecule has 0 amide bonds. The number of carbonyl (C=O) groups is 4. The highest BCUT2D eigenvalue weighted by Crippen LogP contribution is 2.52. The summed E-state index contributed by atoms with van der Waals surface area (Å²) < 4.78 is 15.1. The van der Waals surface area contributed by atoms with E-state index < -0.39 is 23.3 Å². The number of fused-ring (bicyclic) bond motifs is 11. The number of carbonyl (C=O) groups excluding carboxylic acids is 3. The van der Waals surface area contributed by atoms with E-state index in [0.717, 1.165) is 44.4 Å². The van der Waals surface area contributed by atoms with Gasteiger partial charge in [-0.05, 0) is 98.2 Å². The minimum absolute atomic E-state index is 0.109. The van der Waals surface area contributed by atoms with Crippen molar-refractivity contribution in [1.82, 2.24) is 19.9 Å². The van der Waals surface area contributed by atoms with Crippen LogP contribution in [0.15, 0.2) is 48.6 Å². The van der Waals surface area contributed by atoms with Crippen LogP contribution in [0.25, 0.3) is 44.9 Å². The molecule has 3 aromatic rings. The first kappa shape index (κ1) is 36.7. The number of methoxy groups -OCH3 is 3. The molecular weight excluding hydrogens is 676 g/mol. The predicted molar refractivity (Wildman–Crippen MR) is 201 cm³/mol. The van der Waals surface area contributed by atoms with Gasteiger partial charge >= 0.3 is 23.9 Å². The van der Waals surface area contributed by atoms with E-state index in [1.54, 1.807) is 12.2 Å². The first-order valence-corrected chi connectivity index (χ1v) is 17.2. The number of allylic oxidation sites excluding steroid dienone is 5. The van der Waals surface area contributed by atoms with Gasteiger partial charge in [-0.1, -0.05) is 24.8 Å². The van der Waals surface area contributed by atoms with E-state index in [4.69, 9.17) is 24.2 Å². The Morgan fingerprint density at radius 1 is 0.811 bits per heavy atom. The van der Waals surface area contributed by atoms with Gasteiger partial charge in [-0.25, -0.2) is 9.78 Å². The number of hydrogen-bond acceptors (Lipinski definition) is 9. The molecule has 12 nitrogen and oxygen atoms in total. The Bertz CT molecular complexity index is 2370. The number of carboxylic acids is 1. The molecule has 0 saturated heterocycles. The molecule has 274 valence electrons. The second-order valence-electron chi connectivity index (χ2n) is 13.5. The molecule has 6 rings (SSSR count). The summed E-state index contributed by atoms with van der Waals surface area (Å²) in [5.41, 5.74) is 9.69. The van der Waals surface area contributed by atoms with Crippen molar-refractivity contribution in [1.29, 1.82) is 0 Å². The molecule has 0 spiro atoms. The third-order valence-corrected chi connectivity index (χ3v) is 10.8. The third kappa shape index (κ3) is 6.28. The number of aromatic nitrogens is 4. The van der Waals surface area contributed by atoms with Crippen LogP contribution in [0.5, 0.6) is 0 Å². The van der Waals surface area contributed by atoms with Gasteiger partial charge in [0.2, 0.25) is 0 Å².